The van der Waals surface area contributed by atoms with Crippen molar-refractivity contribution in [3.05, 3.63) is 32.8 Å². The maximum Gasteiger partial charge on any atom is 0.270 e. The number of rotatable bonds is 6. The molecule has 0 radical (unpaired) electrons. The van der Waals surface area contributed by atoms with Crippen molar-refractivity contribution in [3.63, 3.8) is 0 Å². The molecule has 0 heterocycles. The lowest BCUT2D eigenvalue weighted by molar-refractivity contribution is -0.384. The third-order valence-electron chi connectivity index (χ3n) is 4.15. The first-order valence-electron chi connectivity index (χ1n) is 6.83. The van der Waals surface area contributed by atoms with Gasteiger partial charge in [-0.1, -0.05) is 0 Å². The minimum Gasteiger partial charge on any atom is -0.384 e. The van der Waals surface area contributed by atoms with Crippen molar-refractivity contribution >= 4 is 27.3 Å². The van der Waals surface area contributed by atoms with Gasteiger partial charge in [0.1, 0.15) is 0 Å². The summed E-state index contributed by atoms with van der Waals surface area (Å²) < 4.78 is 0.770. The van der Waals surface area contributed by atoms with Gasteiger partial charge in [-0.15, -0.1) is 0 Å². The van der Waals surface area contributed by atoms with Crippen LogP contribution in [0.2, 0.25) is 0 Å². The standard InChI is InChI=1S/C14H17BrN2O2/c15-13-7-11(17(18)19)5-6-14(13)16-8-12(9-1-2-9)10-3-4-10/h5-7,9-10,12,16H,1-4,8H2. The van der Waals surface area contributed by atoms with Crippen molar-refractivity contribution < 1.29 is 4.92 Å². The van der Waals surface area contributed by atoms with Gasteiger partial charge in [-0.25, -0.2) is 0 Å². The molecule has 0 atom stereocenters. The molecule has 1 aromatic rings. The van der Waals surface area contributed by atoms with Crippen LogP contribution >= 0.6 is 15.9 Å². The quantitative estimate of drug-likeness (QED) is 0.630. The SMILES string of the molecule is O=[N+]([O-])c1ccc(NCC(C2CC2)C2CC2)c(Br)c1. The number of anilines is 1. The van der Waals surface area contributed by atoms with Gasteiger partial charge >= 0.3 is 0 Å². The Morgan fingerprint density at radius 2 is 1.95 bits per heavy atom. The average Bonchev–Trinajstić information content (AvgIpc) is 3.25. The van der Waals surface area contributed by atoms with E-state index < -0.39 is 0 Å². The molecule has 19 heavy (non-hydrogen) atoms. The first-order valence-corrected chi connectivity index (χ1v) is 7.62. The Kier molecular flexibility index (Phi) is 3.48. The zero-order chi connectivity index (χ0) is 13.4. The molecule has 2 fully saturated rings. The highest BCUT2D eigenvalue weighted by Crippen LogP contribution is 2.49. The molecule has 102 valence electrons. The highest BCUT2D eigenvalue weighted by atomic mass is 79.9. The topological polar surface area (TPSA) is 55.2 Å². The summed E-state index contributed by atoms with van der Waals surface area (Å²) >= 11 is 3.40. The van der Waals surface area contributed by atoms with Crippen LogP contribution in [0.1, 0.15) is 25.7 Å². The highest BCUT2D eigenvalue weighted by Gasteiger charge is 2.41. The van der Waals surface area contributed by atoms with Crippen LogP contribution in [0.25, 0.3) is 0 Å². The van der Waals surface area contributed by atoms with E-state index in [0.717, 1.165) is 34.5 Å². The molecule has 0 bridgehead atoms. The Balaban J connectivity index is 1.64. The van der Waals surface area contributed by atoms with Crippen molar-refractivity contribution in [1.82, 2.24) is 0 Å². The first-order chi connectivity index (χ1) is 9.15. The van der Waals surface area contributed by atoms with Crippen molar-refractivity contribution in [2.75, 3.05) is 11.9 Å². The van der Waals surface area contributed by atoms with Crippen LogP contribution in [0.5, 0.6) is 0 Å². The second kappa shape index (κ2) is 5.12. The molecule has 5 heteroatoms. The van der Waals surface area contributed by atoms with Crippen LogP contribution in [-0.4, -0.2) is 11.5 Å². The van der Waals surface area contributed by atoms with Gasteiger partial charge in [0.25, 0.3) is 5.69 Å². The predicted octanol–water partition coefficient (Wildman–Crippen LogP) is 4.21. The number of hydrogen-bond donors (Lipinski definition) is 1. The molecule has 1 aromatic carbocycles. The normalized spacial score (nSPS) is 18.6. The molecule has 0 amide bonds. The summed E-state index contributed by atoms with van der Waals surface area (Å²) in [5.74, 6) is 2.62. The Labute approximate surface area is 120 Å². The van der Waals surface area contributed by atoms with E-state index in [2.05, 4.69) is 21.2 Å². The summed E-state index contributed by atoms with van der Waals surface area (Å²) in [6.07, 6.45) is 5.52. The molecule has 0 saturated heterocycles. The second-order valence-electron chi connectivity index (χ2n) is 5.64. The van der Waals surface area contributed by atoms with Crippen molar-refractivity contribution in [2.45, 2.75) is 25.7 Å². The van der Waals surface area contributed by atoms with Gasteiger partial charge in [-0.2, -0.15) is 0 Å². The van der Waals surface area contributed by atoms with Gasteiger partial charge in [0.05, 0.1) is 4.92 Å². The zero-order valence-electron chi connectivity index (χ0n) is 10.6. The van der Waals surface area contributed by atoms with E-state index in [4.69, 9.17) is 0 Å². The molecular weight excluding hydrogens is 308 g/mol. The lowest BCUT2D eigenvalue weighted by atomic mass is 9.98. The first kappa shape index (κ1) is 12.9. The summed E-state index contributed by atoms with van der Waals surface area (Å²) in [7, 11) is 0. The number of benzene rings is 1. The van der Waals surface area contributed by atoms with Crippen LogP contribution < -0.4 is 5.32 Å². The Morgan fingerprint density at radius 1 is 1.32 bits per heavy atom. The summed E-state index contributed by atoms with van der Waals surface area (Å²) in [4.78, 5) is 10.3. The summed E-state index contributed by atoms with van der Waals surface area (Å²) in [6.45, 7) is 0.992. The minimum absolute atomic E-state index is 0.123. The number of non-ortho nitro benzene ring substituents is 1. The number of hydrogen-bond acceptors (Lipinski definition) is 3. The molecule has 3 rings (SSSR count). The molecule has 2 saturated carbocycles. The lowest BCUT2D eigenvalue weighted by Crippen LogP contribution is -2.18. The molecule has 1 N–H and O–H groups in total. The zero-order valence-corrected chi connectivity index (χ0v) is 12.2. The van der Waals surface area contributed by atoms with E-state index in [1.54, 1.807) is 18.2 Å². The molecule has 0 aliphatic heterocycles. The number of nitrogens with zero attached hydrogens (tertiary/aromatic N) is 1. The molecule has 2 aliphatic carbocycles. The van der Waals surface area contributed by atoms with Gasteiger partial charge in [-0.3, -0.25) is 10.1 Å². The number of nitro groups is 1. The molecule has 0 aromatic heterocycles. The Hall–Kier alpha value is -1.10. The van der Waals surface area contributed by atoms with Crippen molar-refractivity contribution in [2.24, 2.45) is 17.8 Å². The molecule has 0 spiro atoms. The number of nitrogens with one attached hydrogen (secondary N) is 1. The molecule has 4 nitrogen and oxygen atoms in total. The van der Waals surface area contributed by atoms with Gasteiger partial charge in [0, 0.05) is 28.8 Å². The van der Waals surface area contributed by atoms with Gasteiger partial charge in [-0.05, 0) is 65.4 Å². The average molecular weight is 325 g/mol. The second-order valence-corrected chi connectivity index (χ2v) is 6.50. The van der Waals surface area contributed by atoms with Crippen LogP contribution in [0.15, 0.2) is 22.7 Å². The lowest BCUT2D eigenvalue weighted by Gasteiger charge is -2.17. The van der Waals surface area contributed by atoms with E-state index in [0.29, 0.717) is 0 Å². The van der Waals surface area contributed by atoms with E-state index in [9.17, 15) is 10.1 Å². The number of halogens is 1. The minimum atomic E-state index is -0.369. The molecule has 0 unspecified atom stereocenters. The highest BCUT2D eigenvalue weighted by molar-refractivity contribution is 9.10. The predicted molar refractivity (Wildman–Crippen MR) is 78.2 cm³/mol. The largest absolute Gasteiger partial charge is 0.384 e. The number of nitro benzene ring substituents is 1. The van der Waals surface area contributed by atoms with Crippen LogP contribution in [-0.2, 0) is 0 Å². The van der Waals surface area contributed by atoms with E-state index in [-0.39, 0.29) is 10.6 Å². The molecule has 2 aliphatic rings. The summed E-state index contributed by atoms with van der Waals surface area (Å²) in [5.41, 5.74) is 1.08. The van der Waals surface area contributed by atoms with Crippen molar-refractivity contribution in [1.29, 1.82) is 0 Å². The fraction of sp³-hybridized carbons (Fsp3) is 0.571. The monoisotopic (exact) mass is 324 g/mol. The maximum absolute atomic E-state index is 10.7. The van der Waals surface area contributed by atoms with Crippen molar-refractivity contribution in [3.8, 4) is 0 Å². The fourth-order valence-corrected chi connectivity index (χ4v) is 3.26. The van der Waals surface area contributed by atoms with Crippen LogP contribution in [0, 0.1) is 27.9 Å². The van der Waals surface area contributed by atoms with E-state index >= 15 is 0 Å². The smallest absolute Gasteiger partial charge is 0.270 e. The third-order valence-corrected chi connectivity index (χ3v) is 4.80. The summed E-state index contributed by atoms with van der Waals surface area (Å²) in [5, 5.41) is 14.1. The van der Waals surface area contributed by atoms with Gasteiger partial charge in [0.15, 0.2) is 0 Å². The van der Waals surface area contributed by atoms with Crippen LogP contribution in [0.4, 0.5) is 11.4 Å². The van der Waals surface area contributed by atoms with E-state index in [1.807, 2.05) is 0 Å². The Morgan fingerprint density at radius 3 is 2.42 bits per heavy atom. The fourth-order valence-electron chi connectivity index (χ4n) is 2.76. The van der Waals surface area contributed by atoms with Crippen LogP contribution in [0.3, 0.4) is 0 Å². The van der Waals surface area contributed by atoms with Gasteiger partial charge in [0.2, 0.25) is 0 Å². The van der Waals surface area contributed by atoms with E-state index in [1.165, 1.54) is 25.7 Å². The van der Waals surface area contributed by atoms with Gasteiger partial charge < -0.3 is 5.32 Å². The molecular formula is C14H17BrN2O2. The summed E-state index contributed by atoms with van der Waals surface area (Å²) in [6, 6.07) is 4.90. The third kappa shape index (κ3) is 3.08. The Bertz CT molecular complexity index is 486. The maximum atomic E-state index is 10.7.